The molecule has 5 heteroatoms. The molecule has 0 unspecified atom stereocenters. The number of hydrogen-bond acceptors (Lipinski definition) is 4. The van der Waals surface area contributed by atoms with Crippen LogP contribution in [0.3, 0.4) is 0 Å². The number of anilines is 1. The monoisotopic (exact) mass is 435 g/mol. The van der Waals surface area contributed by atoms with Crippen LogP contribution < -0.4 is 4.90 Å². The topological polar surface area (TPSA) is 45.7 Å². The SMILES string of the molecule is CC(C)(C)OC(=O)N1CCN(c2cccc(-c3ccc4c(c3)C(C)(C)CC4(C)C)n2)CC1. The summed E-state index contributed by atoms with van der Waals surface area (Å²) in [7, 11) is 0. The van der Waals surface area contributed by atoms with Crippen LogP contribution in [-0.4, -0.2) is 47.8 Å². The highest BCUT2D eigenvalue weighted by molar-refractivity contribution is 5.69. The minimum absolute atomic E-state index is 0.171. The number of piperazine rings is 1. The molecule has 1 amide bonds. The molecule has 2 aromatic rings. The van der Waals surface area contributed by atoms with Crippen LogP contribution in [0.5, 0.6) is 0 Å². The summed E-state index contributed by atoms with van der Waals surface area (Å²) in [5.41, 5.74) is 4.98. The van der Waals surface area contributed by atoms with Gasteiger partial charge in [-0.15, -0.1) is 0 Å². The highest BCUT2D eigenvalue weighted by Gasteiger charge is 2.41. The summed E-state index contributed by atoms with van der Waals surface area (Å²) < 4.78 is 5.52. The Bertz CT molecular complexity index is 1010. The first-order valence-electron chi connectivity index (χ1n) is 11.7. The molecule has 1 aliphatic heterocycles. The van der Waals surface area contributed by atoms with E-state index in [0.29, 0.717) is 13.1 Å². The van der Waals surface area contributed by atoms with Gasteiger partial charge in [-0.25, -0.2) is 9.78 Å². The van der Waals surface area contributed by atoms with E-state index in [1.807, 2.05) is 20.8 Å². The zero-order chi connectivity index (χ0) is 23.3. The number of benzene rings is 1. The van der Waals surface area contributed by atoms with E-state index in [2.05, 4.69) is 69.0 Å². The number of pyridine rings is 1. The number of hydrogen-bond donors (Lipinski definition) is 0. The minimum atomic E-state index is -0.469. The van der Waals surface area contributed by atoms with Crippen LogP contribution in [0.15, 0.2) is 36.4 Å². The van der Waals surface area contributed by atoms with E-state index in [-0.39, 0.29) is 16.9 Å². The van der Waals surface area contributed by atoms with Crippen molar-refractivity contribution in [1.29, 1.82) is 0 Å². The number of fused-ring (bicyclic) bond motifs is 1. The van der Waals surface area contributed by atoms with E-state index in [1.54, 1.807) is 4.90 Å². The van der Waals surface area contributed by atoms with Crippen molar-refractivity contribution in [3.05, 3.63) is 47.5 Å². The van der Waals surface area contributed by atoms with Gasteiger partial charge in [0.1, 0.15) is 11.4 Å². The Labute approximate surface area is 192 Å². The fourth-order valence-electron chi connectivity index (χ4n) is 5.35. The molecular formula is C27H37N3O2. The lowest BCUT2D eigenvalue weighted by Gasteiger charge is -2.36. The van der Waals surface area contributed by atoms with Gasteiger partial charge in [-0.05, 0) is 67.3 Å². The molecule has 1 aromatic carbocycles. The first-order valence-corrected chi connectivity index (χ1v) is 11.7. The normalized spacial score (nSPS) is 19.6. The van der Waals surface area contributed by atoms with E-state index >= 15 is 0 Å². The number of carbonyl (C=O) groups excluding carboxylic acids is 1. The summed E-state index contributed by atoms with van der Waals surface area (Å²) in [6.07, 6.45) is 0.927. The van der Waals surface area contributed by atoms with Crippen molar-refractivity contribution in [2.75, 3.05) is 31.1 Å². The van der Waals surface area contributed by atoms with Gasteiger partial charge < -0.3 is 14.5 Å². The van der Waals surface area contributed by atoms with Crippen molar-refractivity contribution in [3.63, 3.8) is 0 Å². The van der Waals surface area contributed by atoms with Crippen molar-refractivity contribution in [1.82, 2.24) is 9.88 Å². The Morgan fingerprint density at radius 1 is 0.938 bits per heavy atom. The fourth-order valence-corrected chi connectivity index (χ4v) is 5.35. The number of ether oxygens (including phenoxy) is 1. The summed E-state index contributed by atoms with van der Waals surface area (Å²) in [5.74, 6) is 0.964. The van der Waals surface area contributed by atoms with Crippen molar-refractivity contribution in [2.45, 2.75) is 71.3 Å². The molecule has 0 bridgehead atoms. The van der Waals surface area contributed by atoms with Gasteiger partial charge in [-0.2, -0.15) is 0 Å². The van der Waals surface area contributed by atoms with Gasteiger partial charge in [-0.3, -0.25) is 0 Å². The average Bonchev–Trinajstić information content (AvgIpc) is 2.90. The van der Waals surface area contributed by atoms with E-state index in [0.717, 1.165) is 31.0 Å². The van der Waals surface area contributed by atoms with Crippen molar-refractivity contribution in [3.8, 4) is 11.3 Å². The Morgan fingerprint density at radius 2 is 1.59 bits per heavy atom. The minimum Gasteiger partial charge on any atom is -0.444 e. The third-order valence-corrected chi connectivity index (χ3v) is 6.65. The van der Waals surface area contributed by atoms with Gasteiger partial charge >= 0.3 is 6.09 Å². The van der Waals surface area contributed by atoms with Gasteiger partial charge in [0.15, 0.2) is 0 Å². The van der Waals surface area contributed by atoms with Gasteiger partial charge in [-0.1, -0.05) is 45.9 Å². The van der Waals surface area contributed by atoms with Crippen LogP contribution in [0.2, 0.25) is 0 Å². The maximum Gasteiger partial charge on any atom is 0.410 e. The molecule has 0 atom stereocenters. The van der Waals surface area contributed by atoms with E-state index in [4.69, 9.17) is 9.72 Å². The number of nitrogens with zero attached hydrogens (tertiary/aromatic N) is 3. The molecule has 4 rings (SSSR count). The second kappa shape index (κ2) is 7.79. The largest absolute Gasteiger partial charge is 0.444 e. The lowest BCUT2D eigenvalue weighted by molar-refractivity contribution is 0.0240. The molecule has 172 valence electrons. The Kier molecular flexibility index (Phi) is 5.51. The maximum atomic E-state index is 12.4. The lowest BCUT2D eigenvalue weighted by Crippen LogP contribution is -2.50. The maximum absolute atomic E-state index is 12.4. The van der Waals surface area contributed by atoms with Crippen LogP contribution in [0.25, 0.3) is 11.3 Å². The van der Waals surface area contributed by atoms with Crippen molar-refractivity contribution < 1.29 is 9.53 Å². The van der Waals surface area contributed by atoms with Gasteiger partial charge in [0.05, 0.1) is 5.69 Å². The molecule has 1 fully saturated rings. The van der Waals surface area contributed by atoms with Gasteiger partial charge in [0.25, 0.3) is 0 Å². The predicted molar refractivity (Wildman–Crippen MR) is 130 cm³/mol. The first kappa shape index (κ1) is 22.6. The van der Waals surface area contributed by atoms with Crippen molar-refractivity contribution >= 4 is 11.9 Å². The van der Waals surface area contributed by atoms with Gasteiger partial charge in [0.2, 0.25) is 0 Å². The molecule has 0 spiro atoms. The summed E-state index contributed by atoms with van der Waals surface area (Å²) in [5, 5.41) is 0. The lowest BCUT2D eigenvalue weighted by atomic mass is 9.82. The number of rotatable bonds is 2. The predicted octanol–water partition coefficient (Wildman–Crippen LogP) is 5.76. The number of amides is 1. The second-order valence-electron chi connectivity index (χ2n) is 11.5. The van der Waals surface area contributed by atoms with Crippen LogP contribution >= 0.6 is 0 Å². The summed E-state index contributed by atoms with van der Waals surface area (Å²) >= 11 is 0. The number of carbonyl (C=O) groups is 1. The zero-order valence-corrected chi connectivity index (χ0v) is 20.7. The quantitative estimate of drug-likeness (QED) is 0.601. The molecule has 5 nitrogen and oxygen atoms in total. The molecule has 1 aromatic heterocycles. The van der Waals surface area contributed by atoms with E-state index in [1.165, 1.54) is 16.7 Å². The molecule has 2 heterocycles. The molecule has 0 radical (unpaired) electrons. The van der Waals surface area contributed by atoms with E-state index in [9.17, 15) is 4.79 Å². The number of aromatic nitrogens is 1. The second-order valence-corrected chi connectivity index (χ2v) is 11.5. The summed E-state index contributed by atoms with van der Waals surface area (Å²) in [4.78, 5) is 21.4. The highest BCUT2D eigenvalue weighted by atomic mass is 16.6. The average molecular weight is 436 g/mol. The molecule has 2 aliphatic rings. The summed E-state index contributed by atoms with van der Waals surface area (Å²) in [6.45, 7) is 17.9. The van der Waals surface area contributed by atoms with Crippen LogP contribution in [0.4, 0.5) is 10.6 Å². The Morgan fingerprint density at radius 3 is 2.25 bits per heavy atom. The third-order valence-electron chi connectivity index (χ3n) is 6.65. The smallest absolute Gasteiger partial charge is 0.410 e. The van der Waals surface area contributed by atoms with Crippen LogP contribution in [0, 0.1) is 0 Å². The summed E-state index contributed by atoms with van der Waals surface area (Å²) in [6, 6.07) is 13.1. The van der Waals surface area contributed by atoms with Crippen molar-refractivity contribution in [2.24, 2.45) is 0 Å². The first-order chi connectivity index (χ1) is 14.9. The van der Waals surface area contributed by atoms with E-state index < -0.39 is 5.60 Å². The molecule has 0 saturated carbocycles. The molecule has 1 aliphatic carbocycles. The standard InChI is InChI=1S/C27H37N3O2/c1-25(2,3)32-24(31)30-15-13-29(14-16-30)23-10-8-9-22(28-23)19-11-12-20-21(17-19)27(6,7)18-26(20,4)5/h8-12,17H,13-16,18H2,1-7H3. The molecular weight excluding hydrogens is 398 g/mol. The zero-order valence-electron chi connectivity index (χ0n) is 20.7. The molecule has 0 N–H and O–H groups in total. The fraction of sp³-hybridized carbons (Fsp3) is 0.556. The molecule has 1 saturated heterocycles. The molecule has 32 heavy (non-hydrogen) atoms. The Balaban J connectivity index is 1.51. The van der Waals surface area contributed by atoms with Gasteiger partial charge in [0, 0.05) is 31.7 Å². The third kappa shape index (κ3) is 4.48. The highest BCUT2D eigenvalue weighted by Crippen LogP contribution is 2.50. The van der Waals surface area contributed by atoms with Crippen LogP contribution in [0.1, 0.15) is 66.0 Å². The van der Waals surface area contributed by atoms with Crippen LogP contribution in [-0.2, 0) is 15.6 Å². The Hall–Kier alpha value is -2.56.